The fourth-order valence-corrected chi connectivity index (χ4v) is 2.88. The minimum absolute atomic E-state index is 0.339. The summed E-state index contributed by atoms with van der Waals surface area (Å²) < 4.78 is 6.83. The maximum Gasteiger partial charge on any atom is 0.338 e. The second-order valence-corrected chi connectivity index (χ2v) is 6.61. The van der Waals surface area contributed by atoms with Crippen molar-refractivity contribution >= 4 is 34.8 Å². The normalized spacial score (nSPS) is 10.4. The predicted molar refractivity (Wildman–Crippen MR) is 115 cm³/mol. The molecule has 3 aromatic rings. The molecule has 0 amide bonds. The quantitative estimate of drug-likeness (QED) is 0.482. The van der Waals surface area contributed by atoms with E-state index in [9.17, 15) is 4.79 Å². The van der Waals surface area contributed by atoms with Crippen molar-refractivity contribution < 1.29 is 9.53 Å². The molecule has 7 heteroatoms. The molecule has 0 spiro atoms. The molecule has 2 N–H and O–H groups in total. The Bertz CT molecular complexity index is 967. The van der Waals surface area contributed by atoms with Gasteiger partial charge in [0.05, 0.1) is 18.7 Å². The topological polar surface area (TPSA) is 68.2 Å². The van der Waals surface area contributed by atoms with Crippen LogP contribution in [-0.2, 0) is 11.3 Å². The molecule has 0 radical (unpaired) electrons. The number of benzene rings is 2. The lowest BCUT2D eigenvalue weighted by Gasteiger charge is -2.09. The average molecular weight is 395 g/mol. The SMILES string of the molecule is CCOC(=O)c1ccc(NC(=S)Nc2ccn(Cc3ccccc3C)n2)cc1. The van der Waals surface area contributed by atoms with Crippen LogP contribution < -0.4 is 10.6 Å². The van der Waals surface area contributed by atoms with Gasteiger partial charge in [-0.15, -0.1) is 0 Å². The van der Waals surface area contributed by atoms with E-state index < -0.39 is 0 Å². The molecule has 2 aromatic carbocycles. The molecular formula is C21H22N4O2S. The summed E-state index contributed by atoms with van der Waals surface area (Å²) in [6.45, 7) is 4.91. The third-order valence-corrected chi connectivity index (χ3v) is 4.33. The van der Waals surface area contributed by atoms with Crippen LogP contribution in [0.2, 0.25) is 0 Å². The van der Waals surface area contributed by atoms with Gasteiger partial charge < -0.3 is 15.4 Å². The Kier molecular flexibility index (Phi) is 6.39. The fraction of sp³-hybridized carbons (Fsp3) is 0.190. The number of aryl methyl sites for hydroxylation is 1. The Hall–Kier alpha value is -3.19. The van der Waals surface area contributed by atoms with Gasteiger partial charge in [-0.2, -0.15) is 5.10 Å². The van der Waals surface area contributed by atoms with Crippen molar-refractivity contribution in [1.82, 2.24) is 9.78 Å². The summed E-state index contributed by atoms with van der Waals surface area (Å²) >= 11 is 5.34. The molecule has 144 valence electrons. The van der Waals surface area contributed by atoms with E-state index in [1.165, 1.54) is 11.1 Å². The number of hydrogen-bond acceptors (Lipinski definition) is 4. The molecule has 0 aliphatic carbocycles. The van der Waals surface area contributed by atoms with Gasteiger partial charge >= 0.3 is 5.97 Å². The Labute approximate surface area is 169 Å². The molecular weight excluding hydrogens is 372 g/mol. The van der Waals surface area contributed by atoms with E-state index in [1.54, 1.807) is 31.2 Å². The number of thiocarbonyl (C=S) groups is 1. The van der Waals surface area contributed by atoms with Crippen molar-refractivity contribution in [2.75, 3.05) is 17.2 Å². The summed E-state index contributed by atoms with van der Waals surface area (Å²) in [6, 6.07) is 17.0. The van der Waals surface area contributed by atoms with Crippen molar-refractivity contribution in [3.8, 4) is 0 Å². The highest BCUT2D eigenvalue weighted by atomic mass is 32.1. The van der Waals surface area contributed by atoms with Crippen LogP contribution in [0.4, 0.5) is 11.5 Å². The lowest BCUT2D eigenvalue weighted by Crippen LogP contribution is -2.19. The first-order chi connectivity index (χ1) is 13.5. The van der Waals surface area contributed by atoms with E-state index in [2.05, 4.69) is 34.8 Å². The van der Waals surface area contributed by atoms with E-state index in [-0.39, 0.29) is 5.97 Å². The monoisotopic (exact) mass is 394 g/mol. The second kappa shape index (κ2) is 9.14. The number of aromatic nitrogens is 2. The molecule has 0 saturated heterocycles. The van der Waals surface area contributed by atoms with Crippen LogP contribution >= 0.6 is 12.2 Å². The Balaban J connectivity index is 1.56. The van der Waals surface area contributed by atoms with Gasteiger partial charge in [-0.3, -0.25) is 4.68 Å². The van der Waals surface area contributed by atoms with Crippen LogP contribution in [0.25, 0.3) is 0 Å². The van der Waals surface area contributed by atoms with Gasteiger partial charge in [-0.25, -0.2) is 4.79 Å². The number of ether oxygens (including phenoxy) is 1. The summed E-state index contributed by atoms with van der Waals surface area (Å²) in [7, 11) is 0. The fourth-order valence-electron chi connectivity index (χ4n) is 2.66. The smallest absolute Gasteiger partial charge is 0.338 e. The highest BCUT2D eigenvalue weighted by molar-refractivity contribution is 7.80. The molecule has 0 aliphatic rings. The molecule has 0 aliphatic heterocycles. The molecule has 3 rings (SSSR count). The zero-order chi connectivity index (χ0) is 19.9. The van der Waals surface area contributed by atoms with Crippen molar-refractivity contribution in [3.63, 3.8) is 0 Å². The average Bonchev–Trinajstić information content (AvgIpc) is 3.11. The number of esters is 1. The van der Waals surface area contributed by atoms with Crippen LogP contribution in [0.3, 0.4) is 0 Å². The first-order valence-electron chi connectivity index (χ1n) is 8.98. The number of carbonyl (C=O) groups is 1. The second-order valence-electron chi connectivity index (χ2n) is 6.20. The zero-order valence-corrected chi connectivity index (χ0v) is 16.6. The highest BCUT2D eigenvalue weighted by Gasteiger charge is 2.07. The molecule has 0 fully saturated rings. The van der Waals surface area contributed by atoms with Gasteiger partial charge in [0, 0.05) is 18.0 Å². The van der Waals surface area contributed by atoms with Gasteiger partial charge in [-0.05, 0) is 61.5 Å². The summed E-state index contributed by atoms with van der Waals surface area (Å²) in [5.74, 6) is 0.322. The van der Waals surface area contributed by atoms with Gasteiger partial charge in [-0.1, -0.05) is 24.3 Å². The first kappa shape index (κ1) is 19.6. The minimum Gasteiger partial charge on any atom is -0.462 e. The van der Waals surface area contributed by atoms with E-state index in [0.29, 0.717) is 29.6 Å². The van der Waals surface area contributed by atoms with Gasteiger partial charge in [0.25, 0.3) is 0 Å². The molecule has 28 heavy (non-hydrogen) atoms. The van der Waals surface area contributed by atoms with Crippen LogP contribution in [0.15, 0.2) is 60.8 Å². The van der Waals surface area contributed by atoms with Crippen LogP contribution in [0.1, 0.15) is 28.4 Å². The first-order valence-corrected chi connectivity index (χ1v) is 9.39. The number of nitrogens with one attached hydrogen (secondary N) is 2. The number of nitrogens with zero attached hydrogens (tertiary/aromatic N) is 2. The van der Waals surface area contributed by atoms with E-state index in [4.69, 9.17) is 17.0 Å². The minimum atomic E-state index is -0.339. The summed E-state index contributed by atoms with van der Waals surface area (Å²) in [5, 5.41) is 11.1. The summed E-state index contributed by atoms with van der Waals surface area (Å²) in [6.07, 6.45) is 1.91. The predicted octanol–water partition coefficient (Wildman–Crippen LogP) is 4.23. The van der Waals surface area contributed by atoms with E-state index in [1.807, 2.05) is 29.1 Å². The summed E-state index contributed by atoms with van der Waals surface area (Å²) in [5.41, 5.74) is 3.72. The number of carbonyl (C=O) groups excluding carboxylic acids is 1. The van der Waals surface area contributed by atoms with Gasteiger partial charge in [0.2, 0.25) is 0 Å². The molecule has 1 heterocycles. The van der Waals surface area contributed by atoms with Crippen LogP contribution in [0.5, 0.6) is 0 Å². The lowest BCUT2D eigenvalue weighted by atomic mass is 10.1. The van der Waals surface area contributed by atoms with Crippen molar-refractivity contribution in [2.45, 2.75) is 20.4 Å². The van der Waals surface area contributed by atoms with Crippen molar-refractivity contribution in [1.29, 1.82) is 0 Å². The number of rotatable bonds is 6. The van der Waals surface area contributed by atoms with E-state index in [0.717, 1.165) is 5.69 Å². The van der Waals surface area contributed by atoms with Gasteiger partial charge in [0.1, 0.15) is 0 Å². The van der Waals surface area contributed by atoms with Crippen LogP contribution in [0, 0.1) is 6.92 Å². The van der Waals surface area contributed by atoms with Crippen molar-refractivity contribution in [2.24, 2.45) is 0 Å². The Morgan fingerprint density at radius 3 is 2.57 bits per heavy atom. The van der Waals surface area contributed by atoms with Crippen LogP contribution in [-0.4, -0.2) is 27.5 Å². The molecule has 0 unspecified atom stereocenters. The Morgan fingerprint density at radius 2 is 1.86 bits per heavy atom. The maximum absolute atomic E-state index is 11.7. The van der Waals surface area contributed by atoms with Gasteiger partial charge in [0.15, 0.2) is 10.9 Å². The third kappa shape index (κ3) is 5.17. The maximum atomic E-state index is 11.7. The molecule has 0 bridgehead atoms. The molecule has 0 atom stereocenters. The number of anilines is 2. The standard InChI is InChI=1S/C21H22N4O2S/c1-3-27-20(26)16-8-10-18(11-9-16)22-21(28)23-19-12-13-25(24-19)14-17-7-5-4-6-15(17)2/h4-13H,3,14H2,1-2H3,(H2,22,23,24,28). The highest BCUT2D eigenvalue weighted by Crippen LogP contribution is 2.13. The largest absolute Gasteiger partial charge is 0.462 e. The molecule has 0 saturated carbocycles. The number of hydrogen-bond donors (Lipinski definition) is 2. The van der Waals surface area contributed by atoms with E-state index >= 15 is 0 Å². The lowest BCUT2D eigenvalue weighted by molar-refractivity contribution is 0.0526. The molecule has 1 aromatic heterocycles. The van der Waals surface area contributed by atoms with Crippen molar-refractivity contribution in [3.05, 3.63) is 77.5 Å². The summed E-state index contributed by atoms with van der Waals surface area (Å²) in [4.78, 5) is 11.7. The Morgan fingerprint density at radius 1 is 1.11 bits per heavy atom. The molecule has 6 nitrogen and oxygen atoms in total. The third-order valence-electron chi connectivity index (χ3n) is 4.13. The zero-order valence-electron chi connectivity index (χ0n) is 15.8.